The van der Waals surface area contributed by atoms with Crippen LogP contribution >= 0.6 is 12.4 Å². The normalized spacial score (nSPS) is 10.2. The van der Waals surface area contributed by atoms with Crippen LogP contribution in [0.2, 0.25) is 0 Å². The summed E-state index contributed by atoms with van der Waals surface area (Å²) in [6, 6.07) is 9.57. The van der Waals surface area contributed by atoms with Gasteiger partial charge in [0.15, 0.2) is 5.69 Å². The van der Waals surface area contributed by atoms with Crippen molar-refractivity contribution in [2.75, 3.05) is 5.32 Å². The molecule has 0 aliphatic rings. The van der Waals surface area contributed by atoms with Crippen molar-refractivity contribution in [3.05, 3.63) is 53.7 Å². The van der Waals surface area contributed by atoms with E-state index in [1.54, 1.807) is 0 Å². The second kappa shape index (κ2) is 7.08. The van der Waals surface area contributed by atoms with Crippen LogP contribution in [0.3, 0.4) is 0 Å². The van der Waals surface area contributed by atoms with E-state index in [-0.39, 0.29) is 30.5 Å². The van der Waals surface area contributed by atoms with Gasteiger partial charge < -0.3 is 14.7 Å². The fourth-order valence-corrected chi connectivity index (χ4v) is 1.99. The van der Waals surface area contributed by atoms with E-state index in [4.69, 9.17) is 14.7 Å². The molecular weight excluding hydrogens is 320 g/mol. The third-order valence-corrected chi connectivity index (χ3v) is 3.16. The first-order chi connectivity index (χ1) is 10.7. The molecule has 1 amide bonds. The van der Waals surface area contributed by atoms with Crippen LogP contribution in [-0.4, -0.2) is 16.0 Å². The summed E-state index contributed by atoms with van der Waals surface area (Å²) in [5.74, 6) is 0.132. The van der Waals surface area contributed by atoms with Gasteiger partial charge >= 0.3 is 0 Å². The van der Waals surface area contributed by atoms with Gasteiger partial charge in [-0.05, 0) is 6.92 Å². The van der Waals surface area contributed by atoms with Crippen LogP contribution in [0, 0.1) is 6.92 Å². The highest BCUT2D eigenvalue weighted by Crippen LogP contribution is 2.27. The number of rotatable bonds is 4. The van der Waals surface area contributed by atoms with E-state index in [0.29, 0.717) is 11.6 Å². The molecule has 0 saturated heterocycles. The molecule has 2 heterocycles. The highest BCUT2D eigenvalue weighted by atomic mass is 35.5. The molecule has 3 aromatic rings. The topological polar surface area (TPSA) is 107 Å². The number of carbonyl (C=O) groups is 1. The smallest absolute Gasteiger partial charge is 0.280 e. The quantitative estimate of drug-likeness (QED) is 0.759. The second-order valence-electron chi connectivity index (χ2n) is 4.64. The molecule has 1 aromatic carbocycles. The van der Waals surface area contributed by atoms with Gasteiger partial charge in [-0.25, -0.2) is 4.98 Å². The minimum atomic E-state index is -0.442. The summed E-state index contributed by atoms with van der Waals surface area (Å²) in [4.78, 5) is 16.0. The van der Waals surface area contributed by atoms with Crippen LogP contribution < -0.4 is 11.1 Å². The average Bonchev–Trinajstić information content (AvgIpc) is 3.16. The molecule has 0 aliphatic carbocycles. The van der Waals surface area contributed by atoms with Crippen LogP contribution in [0.5, 0.6) is 0 Å². The Morgan fingerprint density at radius 2 is 2.04 bits per heavy atom. The first kappa shape index (κ1) is 16.7. The van der Waals surface area contributed by atoms with Crippen LogP contribution in [0.1, 0.15) is 21.9 Å². The summed E-state index contributed by atoms with van der Waals surface area (Å²) in [5, 5.41) is 6.62. The third kappa shape index (κ3) is 3.41. The van der Waals surface area contributed by atoms with Crippen molar-refractivity contribution < 1.29 is 13.7 Å². The first-order valence-corrected chi connectivity index (χ1v) is 6.66. The number of nitrogens with two attached hydrogens (primary N) is 1. The Morgan fingerprint density at radius 3 is 2.70 bits per heavy atom. The SMILES string of the molecule is Cc1c(-c2ccccc2)noc1NC(=O)c1coc(CN)n1.Cl. The van der Waals surface area contributed by atoms with Gasteiger partial charge in [-0.3, -0.25) is 10.1 Å². The standard InChI is InChI=1S/C15H14N4O3.ClH/c1-9-13(10-5-3-2-4-6-10)19-22-15(9)18-14(20)11-8-21-12(7-16)17-11;/h2-6,8H,7,16H2,1H3,(H,18,20);1H. The summed E-state index contributed by atoms with van der Waals surface area (Å²) < 4.78 is 10.2. The molecule has 23 heavy (non-hydrogen) atoms. The zero-order chi connectivity index (χ0) is 15.5. The zero-order valence-electron chi connectivity index (χ0n) is 12.3. The molecule has 0 unspecified atom stereocenters. The van der Waals surface area contributed by atoms with Crippen molar-refractivity contribution in [1.29, 1.82) is 0 Å². The van der Waals surface area contributed by atoms with Crippen LogP contribution in [0.4, 0.5) is 5.88 Å². The maximum atomic E-state index is 12.1. The number of oxazole rings is 1. The number of halogens is 1. The predicted molar refractivity (Wildman–Crippen MR) is 86.3 cm³/mol. The summed E-state index contributed by atoms with van der Waals surface area (Å²) >= 11 is 0. The van der Waals surface area contributed by atoms with Crippen LogP contribution in [0.25, 0.3) is 11.3 Å². The number of hydrogen-bond acceptors (Lipinski definition) is 6. The summed E-state index contributed by atoms with van der Waals surface area (Å²) in [7, 11) is 0. The summed E-state index contributed by atoms with van der Waals surface area (Å²) in [5.41, 5.74) is 7.86. The number of nitrogens with zero attached hydrogens (tertiary/aromatic N) is 2. The van der Waals surface area contributed by atoms with Crippen LogP contribution in [0.15, 0.2) is 45.5 Å². The van der Waals surface area contributed by atoms with Gasteiger partial charge in [-0.1, -0.05) is 35.5 Å². The van der Waals surface area contributed by atoms with E-state index in [1.807, 2.05) is 37.3 Å². The van der Waals surface area contributed by atoms with E-state index in [2.05, 4.69) is 15.5 Å². The third-order valence-electron chi connectivity index (χ3n) is 3.16. The van der Waals surface area contributed by atoms with Gasteiger partial charge in [0.25, 0.3) is 5.91 Å². The summed E-state index contributed by atoms with van der Waals surface area (Å²) in [6.45, 7) is 1.95. The lowest BCUT2D eigenvalue weighted by Crippen LogP contribution is -2.13. The average molecular weight is 335 g/mol. The maximum Gasteiger partial charge on any atom is 0.280 e. The van der Waals surface area contributed by atoms with E-state index < -0.39 is 5.91 Å². The highest BCUT2D eigenvalue weighted by Gasteiger charge is 2.18. The molecule has 0 radical (unpaired) electrons. The van der Waals surface area contributed by atoms with Crippen molar-refractivity contribution in [2.24, 2.45) is 5.73 Å². The van der Waals surface area contributed by atoms with Gasteiger partial charge in [-0.15, -0.1) is 12.4 Å². The Morgan fingerprint density at radius 1 is 1.30 bits per heavy atom. The van der Waals surface area contributed by atoms with Crippen molar-refractivity contribution in [3.63, 3.8) is 0 Å². The number of amides is 1. The Hall–Kier alpha value is -2.64. The Balaban J connectivity index is 0.00000192. The van der Waals surface area contributed by atoms with Crippen molar-refractivity contribution >= 4 is 24.2 Å². The molecule has 0 fully saturated rings. The maximum absolute atomic E-state index is 12.1. The molecule has 0 spiro atoms. The minimum Gasteiger partial charge on any atom is -0.447 e. The zero-order valence-corrected chi connectivity index (χ0v) is 13.1. The van der Waals surface area contributed by atoms with Crippen molar-refractivity contribution in [3.8, 4) is 11.3 Å². The highest BCUT2D eigenvalue weighted by molar-refractivity contribution is 6.02. The van der Waals surface area contributed by atoms with Gasteiger partial charge in [0.2, 0.25) is 11.8 Å². The fraction of sp³-hybridized carbons (Fsp3) is 0.133. The number of anilines is 1. The Labute approximate surface area is 138 Å². The Bertz CT molecular complexity index is 798. The van der Waals surface area contributed by atoms with Crippen molar-refractivity contribution in [1.82, 2.24) is 10.1 Å². The molecule has 120 valence electrons. The Kier molecular flexibility index (Phi) is 5.15. The molecule has 0 aliphatic heterocycles. The lowest BCUT2D eigenvalue weighted by atomic mass is 10.1. The summed E-state index contributed by atoms with van der Waals surface area (Å²) in [6.07, 6.45) is 1.25. The molecule has 3 N–H and O–H groups in total. The number of aromatic nitrogens is 2. The second-order valence-corrected chi connectivity index (χ2v) is 4.64. The van der Waals surface area contributed by atoms with E-state index in [1.165, 1.54) is 6.26 Å². The predicted octanol–water partition coefficient (Wildman–Crippen LogP) is 2.77. The monoisotopic (exact) mass is 334 g/mol. The van der Waals surface area contributed by atoms with E-state index in [9.17, 15) is 4.79 Å². The molecule has 8 heteroatoms. The lowest BCUT2D eigenvalue weighted by molar-refractivity contribution is 0.101. The fourth-order valence-electron chi connectivity index (χ4n) is 1.99. The number of benzene rings is 1. The molecule has 0 atom stereocenters. The minimum absolute atomic E-state index is 0. The molecule has 0 saturated carbocycles. The first-order valence-electron chi connectivity index (χ1n) is 6.66. The largest absolute Gasteiger partial charge is 0.447 e. The molecule has 7 nitrogen and oxygen atoms in total. The van der Waals surface area contributed by atoms with Gasteiger partial charge in [0, 0.05) is 11.1 Å². The number of nitrogens with one attached hydrogen (secondary N) is 1. The van der Waals surface area contributed by atoms with Gasteiger partial charge in [0.05, 0.1) is 6.54 Å². The molecule has 3 rings (SSSR count). The van der Waals surface area contributed by atoms with E-state index in [0.717, 1.165) is 11.1 Å². The van der Waals surface area contributed by atoms with Crippen molar-refractivity contribution in [2.45, 2.75) is 13.5 Å². The van der Waals surface area contributed by atoms with Crippen LogP contribution in [-0.2, 0) is 6.54 Å². The number of carbonyl (C=O) groups excluding carboxylic acids is 1. The molecule has 2 aromatic heterocycles. The molecular formula is C15H15ClN4O3. The molecule has 0 bridgehead atoms. The lowest BCUT2D eigenvalue weighted by Gasteiger charge is -1.99. The van der Waals surface area contributed by atoms with Gasteiger partial charge in [-0.2, -0.15) is 0 Å². The van der Waals surface area contributed by atoms with E-state index >= 15 is 0 Å². The van der Waals surface area contributed by atoms with Gasteiger partial charge in [0.1, 0.15) is 12.0 Å². The number of hydrogen-bond donors (Lipinski definition) is 2.